The minimum absolute atomic E-state index is 0.177. The van der Waals surface area contributed by atoms with Gasteiger partial charge in [-0.1, -0.05) is 0 Å². The lowest BCUT2D eigenvalue weighted by atomic mass is 10.2. The Bertz CT molecular complexity index is 1040. The average Bonchev–Trinajstić information content (AvgIpc) is 3.26. The third-order valence-electron chi connectivity index (χ3n) is 5.62. The summed E-state index contributed by atoms with van der Waals surface area (Å²) in [4.78, 5) is 21.3. The lowest BCUT2D eigenvalue weighted by molar-refractivity contribution is -0.140. The molecular weight excluding hydrogens is 383 g/mol. The second kappa shape index (κ2) is 6.57. The molecule has 0 N–H and O–H groups in total. The number of fused-ring (bicyclic) bond motifs is 1. The van der Waals surface area contributed by atoms with Crippen molar-refractivity contribution in [1.82, 2.24) is 24.3 Å². The van der Waals surface area contributed by atoms with Crippen LogP contribution in [0.15, 0.2) is 30.9 Å². The number of rotatable bonds is 4. The van der Waals surface area contributed by atoms with Crippen LogP contribution >= 0.6 is 0 Å². The predicted molar refractivity (Wildman–Crippen MR) is 101 cm³/mol. The summed E-state index contributed by atoms with van der Waals surface area (Å²) in [6, 6.07) is 2.08. The Labute approximate surface area is 165 Å². The van der Waals surface area contributed by atoms with Gasteiger partial charge in [0, 0.05) is 56.9 Å². The van der Waals surface area contributed by atoms with E-state index in [1.165, 1.54) is 16.8 Å². The van der Waals surface area contributed by atoms with Gasteiger partial charge in [-0.05, 0) is 25.3 Å². The van der Waals surface area contributed by atoms with Crippen LogP contribution in [-0.4, -0.2) is 50.5 Å². The summed E-state index contributed by atoms with van der Waals surface area (Å²) in [5, 5.41) is 0. The lowest BCUT2D eigenvalue weighted by Gasteiger charge is -2.26. The van der Waals surface area contributed by atoms with E-state index in [1.807, 2.05) is 18.0 Å². The number of hydrogen-bond donors (Lipinski definition) is 0. The van der Waals surface area contributed by atoms with Crippen LogP contribution < -0.4 is 9.80 Å². The average molecular weight is 403 g/mol. The Hall–Kier alpha value is -2.91. The number of likely N-dealkylation sites (N-methyl/N-ethyl adjacent to an activating group) is 1. The second-order valence-corrected chi connectivity index (χ2v) is 7.65. The van der Waals surface area contributed by atoms with Crippen LogP contribution in [0.25, 0.3) is 5.65 Å². The lowest BCUT2D eigenvalue weighted by Crippen LogP contribution is -2.35. The molecular formula is C19H20F3N7. The van der Waals surface area contributed by atoms with E-state index >= 15 is 0 Å². The Balaban J connectivity index is 1.38. The Morgan fingerprint density at radius 2 is 1.93 bits per heavy atom. The van der Waals surface area contributed by atoms with Crippen LogP contribution in [0.2, 0.25) is 0 Å². The quantitative estimate of drug-likeness (QED) is 0.667. The van der Waals surface area contributed by atoms with Crippen molar-refractivity contribution in [2.75, 3.05) is 29.9 Å². The zero-order valence-electron chi connectivity index (χ0n) is 15.8. The molecule has 10 heteroatoms. The molecule has 0 bridgehead atoms. The van der Waals surface area contributed by atoms with Crippen LogP contribution in [0.3, 0.4) is 0 Å². The predicted octanol–water partition coefficient (Wildman–Crippen LogP) is 3.13. The van der Waals surface area contributed by atoms with Gasteiger partial charge in [0.1, 0.15) is 11.6 Å². The molecule has 1 atom stereocenters. The van der Waals surface area contributed by atoms with Crippen LogP contribution in [0.5, 0.6) is 0 Å². The van der Waals surface area contributed by atoms with Crippen LogP contribution in [0.1, 0.15) is 36.7 Å². The van der Waals surface area contributed by atoms with Crippen molar-refractivity contribution in [1.29, 1.82) is 0 Å². The first-order valence-electron chi connectivity index (χ1n) is 9.62. The second-order valence-electron chi connectivity index (χ2n) is 7.65. The molecule has 2 fully saturated rings. The van der Waals surface area contributed by atoms with Gasteiger partial charge in [-0.15, -0.1) is 0 Å². The van der Waals surface area contributed by atoms with Crippen molar-refractivity contribution >= 4 is 17.3 Å². The summed E-state index contributed by atoms with van der Waals surface area (Å²) >= 11 is 0. The molecule has 3 aromatic rings. The Kier molecular flexibility index (Phi) is 4.11. The van der Waals surface area contributed by atoms with Crippen LogP contribution in [-0.2, 0) is 6.18 Å². The minimum atomic E-state index is -4.48. The number of aromatic nitrogens is 5. The SMILES string of the molecule is CN(c1ccnc(C2CC2)n1)C1CCN(c2nccn3cc(C(F)(F)F)nc23)C1. The van der Waals surface area contributed by atoms with Gasteiger partial charge in [0.2, 0.25) is 0 Å². The summed E-state index contributed by atoms with van der Waals surface area (Å²) in [5.74, 6) is 2.72. The van der Waals surface area contributed by atoms with E-state index < -0.39 is 11.9 Å². The van der Waals surface area contributed by atoms with Crippen molar-refractivity contribution < 1.29 is 13.2 Å². The van der Waals surface area contributed by atoms with Gasteiger partial charge in [-0.3, -0.25) is 0 Å². The first-order chi connectivity index (χ1) is 13.9. The number of anilines is 2. The molecule has 2 aliphatic rings. The van der Waals surface area contributed by atoms with E-state index in [9.17, 15) is 13.2 Å². The van der Waals surface area contributed by atoms with Gasteiger partial charge in [0.25, 0.3) is 0 Å². The molecule has 0 amide bonds. The molecule has 0 spiro atoms. The molecule has 1 unspecified atom stereocenters. The molecule has 4 heterocycles. The highest BCUT2D eigenvalue weighted by Gasteiger charge is 2.35. The van der Waals surface area contributed by atoms with Gasteiger partial charge < -0.3 is 14.2 Å². The van der Waals surface area contributed by atoms with Crippen LogP contribution in [0, 0.1) is 0 Å². The van der Waals surface area contributed by atoms with Gasteiger partial charge in [-0.25, -0.2) is 19.9 Å². The van der Waals surface area contributed by atoms with Gasteiger partial charge in [-0.2, -0.15) is 13.2 Å². The van der Waals surface area contributed by atoms with E-state index in [0.717, 1.165) is 37.1 Å². The number of alkyl halides is 3. The molecule has 0 radical (unpaired) electrons. The summed E-state index contributed by atoms with van der Waals surface area (Å²) < 4.78 is 40.6. The molecule has 1 aliphatic heterocycles. The molecule has 29 heavy (non-hydrogen) atoms. The van der Waals surface area contributed by atoms with Gasteiger partial charge >= 0.3 is 6.18 Å². The molecule has 0 aromatic carbocycles. The molecule has 1 saturated carbocycles. The molecule has 5 rings (SSSR count). The third-order valence-corrected chi connectivity index (χ3v) is 5.62. The zero-order valence-corrected chi connectivity index (χ0v) is 15.8. The summed E-state index contributed by atoms with van der Waals surface area (Å²) in [5.41, 5.74) is -0.686. The fraction of sp³-hybridized carbons (Fsp3) is 0.474. The summed E-state index contributed by atoms with van der Waals surface area (Å²) in [6.45, 7) is 1.33. The number of nitrogens with zero attached hydrogens (tertiary/aromatic N) is 7. The van der Waals surface area contributed by atoms with Gasteiger partial charge in [0.15, 0.2) is 17.2 Å². The molecule has 3 aromatic heterocycles. The Morgan fingerprint density at radius 3 is 2.69 bits per heavy atom. The highest BCUT2D eigenvalue weighted by Crippen LogP contribution is 2.38. The first kappa shape index (κ1) is 18.1. The topological polar surface area (TPSA) is 62.5 Å². The first-order valence-corrected chi connectivity index (χ1v) is 9.62. The van der Waals surface area contributed by atoms with Gasteiger partial charge in [0.05, 0.1) is 0 Å². The number of imidazole rings is 1. The smallest absolute Gasteiger partial charge is 0.355 e. The van der Waals surface area contributed by atoms with Crippen molar-refractivity contribution in [2.45, 2.75) is 37.4 Å². The monoisotopic (exact) mass is 403 g/mol. The maximum Gasteiger partial charge on any atom is 0.434 e. The number of hydrogen-bond acceptors (Lipinski definition) is 6. The highest BCUT2D eigenvalue weighted by molar-refractivity contribution is 5.65. The normalized spacial score (nSPS) is 19.9. The standard InChI is InChI=1S/C19H20F3N7/c1-27(15-4-6-23-16(26-15)12-2-3-12)13-5-8-28(10-13)17-18-25-14(19(20,21)22)11-29(18)9-7-24-17/h4,6-7,9,11-13H,2-3,5,8,10H2,1H3. The number of halogens is 3. The molecule has 152 valence electrons. The maximum absolute atomic E-state index is 13.1. The third kappa shape index (κ3) is 3.36. The van der Waals surface area contributed by atoms with E-state index in [4.69, 9.17) is 4.98 Å². The van der Waals surface area contributed by atoms with Crippen molar-refractivity contribution in [3.8, 4) is 0 Å². The summed E-state index contributed by atoms with van der Waals surface area (Å²) in [7, 11) is 2.00. The van der Waals surface area contributed by atoms with E-state index in [0.29, 0.717) is 24.8 Å². The van der Waals surface area contributed by atoms with Crippen molar-refractivity contribution in [2.24, 2.45) is 0 Å². The molecule has 1 saturated heterocycles. The fourth-order valence-corrected chi connectivity index (χ4v) is 3.80. The Morgan fingerprint density at radius 1 is 1.10 bits per heavy atom. The zero-order chi connectivity index (χ0) is 20.2. The fourth-order valence-electron chi connectivity index (χ4n) is 3.80. The highest BCUT2D eigenvalue weighted by atomic mass is 19.4. The van der Waals surface area contributed by atoms with E-state index in [-0.39, 0.29) is 11.7 Å². The summed E-state index contributed by atoms with van der Waals surface area (Å²) in [6.07, 6.45) is 4.45. The maximum atomic E-state index is 13.1. The molecule has 7 nitrogen and oxygen atoms in total. The van der Waals surface area contributed by atoms with E-state index in [1.54, 1.807) is 6.20 Å². The van der Waals surface area contributed by atoms with Crippen LogP contribution in [0.4, 0.5) is 24.8 Å². The largest absolute Gasteiger partial charge is 0.434 e. The van der Waals surface area contributed by atoms with Crippen molar-refractivity contribution in [3.05, 3.63) is 42.4 Å². The molecule has 1 aliphatic carbocycles. The minimum Gasteiger partial charge on any atom is -0.355 e. The van der Waals surface area contributed by atoms with E-state index in [2.05, 4.69) is 19.9 Å². The van der Waals surface area contributed by atoms with Crippen molar-refractivity contribution in [3.63, 3.8) is 0 Å².